The second kappa shape index (κ2) is 6.96. The summed E-state index contributed by atoms with van der Waals surface area (Å²) in [4.78, 5) is 13.2. The summed E-state index contributed by atoms with van der Waals surface area (Å²) < 4.78 is 0. The molecule has 1 aliphatic rings. The maximum atomic E-state index is 10.8. The van der Waals surface area contributed by atoms with E-state index < -0.39 is 0 Å². The van der Waals surface area contributed by atoms with Crippen LogP contribution in [-0.2, 0) is 4.79 Å². The standard InChI is InChI=1S/C12H23NO2/c1-11(15)6-5-9-13-8-4-2-3-7-12(13)10-14/h12,14H,2-10H2,1H3. The minimum Gasteiger partial charge on any atom is -0.395 e. The fraction of sp³-hybridized carbons (Fsp3) is 0.917. The molecule has 1 atom stereocenters. The number of hydrogen-bond donors (Lipinski definition) is 1. The van der Waals surface area contributed by atoms with Crippen LogP contribution < -0.4 is 0 Å². The van der Waals surface area contributed by atoms with Gasteiger partial charge in [0, 0.05) is 12.5 Å². The van der Waals surface area contributed by atoms with Gasteiger partial charge in [0.25, 0.3) is 0 Å². The highest BCUT2D eigenvalue weighted by Crippen LogP contribution is 2.16. The Morgan fingerprint density at radius 2 is 2.20 bits per heavy atom. The summed E-state index contributed by atoms with van der Waals surface area (Å²) in [5.74, 6) is 0.269. The molecular formula is C12H23NO2. The molecule has 1 rings (SSSR count). The van der Waals surface area contributed by atoms with Gasteiger partial charge in [0.2, 0.25) is 0 Å². The van der Waals surface area contributed by atoms with Crippen LogP contribution in [0.1, 0.15) is 45.4 Å². The number of nitrogens with zero attached hydrogens (tertiary/aromatic N) is 1. The molecule has 1 fully saturated rings. The van der Waals surface area contributed by atoms with E-state index in [-0.39, 0.29) is 12.4 Å². The van der Waals surface area contributed by atoms with Crippen molar-refractivity contribution in [1.29, 1.82) is 0 Å². The van der Waals surface area contributed by atoms with Crippen LogP contribution in [0.5, 0.6) is 0 Å². The van der Waals surface area contributed by atoms with Gasteiger partial charge in [-0.05, 0) is 39.3 Å². The van der Waals surface area contributed by atoms with E-state index in [1.807, 2.05) is 0 Å². The highest BCUT2D eigenvalue weighted by molar-refractivity contribution is 5.75. The van der Waals surface area contributed by atoms with E-state index in [9.17, 15) is 9.90 Å². The molecule has 1 heterocycles. The zero-order valence-electron chi connectivity index (χ0n) is 9.74. The molecule has 1 unspecified atom stereocenters. The maximum Gasteiger partial charge on any atom is 0.129 e. The van der Waals surface area contributed by atoms with E-state index in [1.54, 1.807) is 6.92 Å². The van der Waals surface area contributed by atoms with Crippen molar-refractivity contribution in [1.82, 2.24) is 4.90 Å². The van der Waals surface area contributed by atoms with Gasteiger partial charge in [-0.1, -0.05) is 12.8 Å². The van der Waals surface area contributed by atoms with E-state index in [2.05, 4.69) is 4.90 Å². The van der Waals surface area contributed by atoms with Crippen LogP contribution in [0.25, 0.3) is 0 Å². The van der Waals surface area contributed by atoms with Gasteiger partial charge in [0.15, 0.2) is 0 Å². The van der Waals surface area contributed by atoms with Crippen LogP contribution in [0.2, 0.25) is 0 Å². The molecule has 0 aromatic rings. The van der Waals surface area contributed by atoms with Gasteiger partial charge < -0.3 is 9.90 Å². The molecule has 0 amide bonds. The topological polar surface area (TPSA) is 40.5 Å². The van der Waals surface area contributed by atoms with Crippen molar-refractivity contribution in [3.8, 4) is 0 Å². The van der Waals surface area contributed by atoms with Gasteiger partial charge in [0.1, 0.15) is 5.78 Å². The van der Waals surface area contributed by atoms with Crippen molar-refractivity contribution >= 4 is 5.78 Å². The van der Waals surface area contributed by atoms with Crippen molar-refractivity contribution in [2.24, 2.45) is 0 Å². The maximum absolute atomic E-state index is 10.8. The van der Waals surface area contributed by atoms with E-state index in [0.717, 1.165) is 25.9 Å². The lowest BCUT2D eigenvalue weighted by Crippen LogP contribution is -2.38. The zero-order valence-corrected chi connectivity index (χ0v) is 9.74. The number of rotatable bonds is 5. The van der Waals surface area contributed by atoms with Crippen molar-refractivity contribution in [2.45, 2.75) is 51.5 Å². The van der Waals surface area contributed by atoms with Gasteiger partial charge >= 0.3 is 0 Å². The van der Waals surface area contributed by atoms with Crippen LogP contribution in [0.15, 0.2) is 0 Å². The largest absolute Gasteiger partial charge is 0.395 e. The van der Waals surface area contributed by atoms with Gasteiger partial charge in [-0.3, -0.25) is 4.90 Å². The molecule has 0 spiro atoms. The summed E-state index contributed by atoms with van der Waals surface area (Å²) in [5.41, 5.74) is 0. The second-order valence-electron chi connectivity index (χ2n) is 4.53. The van der Waals surface area contributed by atoms with Crippen LogP contribution in [0.3, 0.4) is 0 Å². The number of Topliss-reactive ketones (excluding diaryl/α,β-unsaturated/α-hetero) is 1. The molecule has 0 radical (unpaired) electrons. The van der Waals surface area contributed by atoms with E-state index in [4.69, 9.17) is 0 Å². The second-order valence-corrected chi connectivity index (χ2v) is 4.53. The molecule has 3 heteroatoms. The Bertz CT molecular complexity index is 194. The van der Waals surface area contributed by atoms with E-state index in [0.29, 0.717) is 12.5 Å². The summed E-state index contributed by atoms with van der Waals surface area (Å²) in [6.45, 7) is 3.96. The SMILES string of the molecule is CC(=O)CCCN1CCCCCC1CO. The highest BCUT2D eigenvalue weighted by atomic mass is 16.3. The number of carbonyl (C=O) groups excluding carboxylic acids is 1. The average molecular weight is 213 g/mol. The third-order valence-corrected chi connectivity index (χ3v) is 3.18. The average Bonchev–Trinajstić information content (AvgIpc) is 2.42. The van der Waals surface area contributed by atoms with Crippen LogP contribution in [0.4, 0.5) is 0 Å². The van der Waals surface area contributed by atoms with Crippen LogP contribution in [-0.4, -0.2) is 41.5 Å². The van der Waals surface area contributed by atoms with Crippen molar-refractivity contribution in [3.63, 3.8) is 0 Å². The lowest BCUT2D eigenvalue weighted by atomic mass is 10.1. The van der Waals surface area contributed by atoms with Gasteiger partial charge in [-0.15, -0.1) is 0 Å². The first-order valence-electron chi connectivity index (χ1n) is 6.08. The van der Waals surface area contributed by atoms with Crippen molar-refractivity contribution < 1.29 is 9.90 Å². The number of ketones is 1. The Morgan fingerprint density at radius 1 is 1.40 bits per heavy atom. The molecule has 15 heavy (non-hydrogen) atoms. The molecule has 0 bridgehead atoms. The summed E-state index contributed by atoms with van der Waals surface area (Å²) >= 11 is 0. The van der Waals surface area contributed by atoms with E-state index >= 15 is 0 Å². The third-order valence-electron chi connectivity index (χ3n) is 3.18. The molecule has 1 N–H and O–H groups in total. The summed E-state index contributed by atoms with van der Waals surface area (Å²) in [7, 11) is 0. The molecule has 1 aliphatic heterocycles. The molecule has 1 saturated heterocycles. The van der Waals surface area contributed by atoms with Crippen LogP contribution >= 0.6 is 0 Å². The molecule has 88 valence electrons. The van der Waals surface area contributed by atoms with Gasteiger partial charge in [-0.2, -0.15) is 0 Å². The van der Waals surface area contributed by atoms with Crippen molar-refractivity contribution in [2.75, 3.05) is 19.7 Å². The molecular weight excluding hydrogens is 190 g/mol. The predicted octanol–water partition coefficient (Wildman–Crippen LogP) is 1.59. The number of aliphatic hydroxyl groups excluding tert-OH is 1. The molecule has 0 aliphatic carbocycles. The third kappa shape index (κ3) is 4.76. The Balaban J connectivity index is 2.31. The number of carbonyl (C=O) groups is 1. The summed E-state index contributed by atoms with van der Waals surface area (Å²) in [6, 6.07) is 0.333. The van der Waals surface area contributed by atoms with Crippen molar-refractivity contribution in [3.05, 3.63) is 0 Å². The smallest absolute Gasteiger partial charge is 0.129 e. The van der Waals surface area contributed by atoms with Gasteiger partial charge in [-0.25, -0.2) is 0 Å². The minimum absolute atomic E-state index is 0.264. The predicted molar refractivity (Wildman–Crippen MR) is 60.8 cm³/mol. The molecule has 3 nitrogen and oxygen atoms in total. The number of hydrogen-bond acceptors (Lipinski definition) is 3. The van der Waals surface area contributed by atoms with Gasteiger partial charge in [0.05, 0.1) is 6.61 Å². The Labute approximate surface area is 92.5 Å². The first-order chi connectivity index (χ1) is 7.24. The summed E-state index contributed by atoms with van der Waals surface area (Å²) in [5, 5.41) is 9.29. The molecule has 0 aromatic heterocycles. The van der Waals surface area contributed by atoms with Crippen LogP contribution in [0, 0.1) is 0 Å². The first-order valence-corrected chi connectivity index (χ1v) is 6.08. The lowest BCUT2D eigenvalue weighted by molar-refractivity contribution is -0.117. The zero-order chi connectivity index (χ0) is 11.1. The summed E-state index contributed by atoms with van der Waals surface area (Å²) in [6.07, 6.45) is 6.46. The fourth-order valence-electron chi connectivity index (χ4n) is 2.27. The Morgan fingerprint density at radius 3 is 2.87 bits per heavy atom. The minimum atomic E-state index is 0.264. The monoisotopic (exact) mass is 213 g/mol. The molecule has 0 aromatic carbocycles. The first kappa shape index (κ1) is 12.7. The van der Waals surface area contributed by atoms with E-state index in [1.165, 1.54) is 19.3 Å². The number of aliphatic hydroxyl groups is 1. The molecule has 0 saturated carbocycles. The quantitative estimate of drug-likeness (QED) is 0.754. The number of likely N-dealkylation sites (tertiary alicyclic amines) is 1. The fourth-order valence-corrected chi connectivity index (χ4v) is 2.27. The lowest BCUT2D eigenvalue weighted by Gasteiger charge is -2.28. The normalized spacial score (nSPS) is 23.7. The Kier molecular flexibility index (Phi) is 5.88. The highest BCUT2D eigenvalue weighted by Gasteiger charge is 2.19. The Hall–Kier alpha value is -0.410.